The number of benzene rings is 1. The Kier molecular flexibility index (Phi) is 7.41. The lowest BCUT2D eigenvalue weighted by atomic mass is 10.0. The first-order valence-corrected chi connectivity index (χ1v) is 8.11. The van der Waals surface area contributed by atoms with E-state index in [4.69, 9.17) is 17.3 Å². The van der Waals surface area contributed by atoms with E-state index in [0.717, 1.165) is 11.3 Å². The normalized spacial score (nSPS) is 14.1. The molecule has 2 unspecified atom stereocenters. The van der Waals surface area contributed by atoms with E-state index in [9.17, 15) is 4.79 Å². The average molecular weight is 315 g/mol. The predicted octanol–water partition coefficient (Wildman–Crippen LogP) is 3.31. The molecular formula is C15H23ClN2OS. The Balaban J connectivity index is 2.56. The highest BCUT2D eigenvalue weighted by Crippen LogP contribution is 2.30. The van der Waals surface area contributed by atoms with Crippen molar-refractivity contribution in [2.45, 2.75) is 43.4 Å². The molecule has 1 aromatic carbocycles. The summed E-state index contributed by atoms with van der Waals surface area (Å²) in [6, 6.07) is 7.59. The maximum Gasteiger partial charge on any atom is 0.233 e. The van der Waals surface area contributed by atoms with Crippen LogP contribution in [-0.2, 0) is 4.79 Å². The Hall–Kier alpha value is -0.710. The molecule has 1 rings (SSSR count). The van der Waals surface area contributed by atoms with E-state index in [1.165, 1.54) is 11.8 Å². The van der Waals surface area contributed by atoms with Crippen molar-refractivity contribution in [3.05, 3.63) is 29.3 Å². The molecule has 0 saturated carbocycles. The number of thioether (sulfide) groups is 1. The molecule has 112 valence electrons. The molecule has 20 heavy (non-hydrogen) atoms. The van der Waals surface area contributed by atoms with Gasteiger partial charge in [-0.05, 0) is 31.4 Å². The van der Waals surface area contributed by atoms with Gasteiger partial charge in [-0.3, -0.25) is 4.79 Å². The summed E-state index contributed by atoms with van der Waals surface area (Å²) in [6.07, 6.45) is 0.895. The van der Waals surface area contributed by atoms with Crippen LogP contribution in [0.1, 0.15) is 27.2 Å². The third-order valence-electron chi connectivity index (χ3n) is 2.90. The van der Waals surface area contributed by atoms with Crippen LogP contribution in [0.15, 0.2) is 29.2 Å². The summed E-state index contributed by atoms with van der Waals surface area (Å²) in [4.78, 5) is 13.1. The number of amides is 1. The first kappa shape index (κ1) is 17.3. The summed E-state index contributed by atoms with van der Waals surface area (Å²) in [6.45, 7) is 6.59. The van der Waals surface area contributed by atoms with E-state index in [0.29, 0.717) is 17.5 Å². The number of hydrogen-bond acceptors (Lipinski definition) is 3. The Morgan fingerprint density at radius 1 is 1.35 bits per heavy atom. The molecule has 1 amide bonds. The van der Waals surface area contributed by atoms with Gasteiger partial charge >= 0.3 is 0 Å². The highest BCUT2D eigenvalue weighted by atomic mass is 35.5. The SMILES string of the molecule is CC(C)CC(CN)NC(=O)C(C)Sc1ccccc1Cl. The first-order chi connectivity index (χ1) is 9.43. The van der Waals surface area contributed by atoms with Crippen LogP contribution in [0.4, 0.5) is 0 Å². The molecule has 0 radical (unpaired) electrons. The summed E-state index contributed by atoms with van der Waals surface area (Å²) in [5.74, 6) is 0.515. The standard InChI is InChI=1S/C15H23ClN2OS/c1-10(2)8-12(9-17)18-15(19)11(3)20-14-7-5-4-6-13(14)16/h4-7,10-12H,8-9,17H2,1-3H3,(H,18,19). The lowest BCUT2D eigenvalue weighted by Gasteiger charge is -2.21. The zero-order chi connectivity index (χ0) is 15.1. The largest absolute Gasteiger partial charge is 0.351 e. The lowest BCUT2D eigenvalue weighted by molar-refractivity contribution is -0.121. The molecule has 0 aliphatic rings. The fourth-order valence-electron chi connectivity index (χ4n) is 1.89. The first-order valence-electron chi connectivity index (χ1n) is 6.85. The summed E-state index contributed by atoms with van der Waals surface area (Å²) in [7, 11) is 0. The Morgan fingerprint density at radius 2 is 2.00 bits per heavy atom. The molecule has 0 fully saturated rings. The summed E-state index contributed by atoms with van der Waals surface area (Å²) < 4.78 is 0. The van der Waals surface area contributed by atoms with Crippen LogP contribution in [0.2, 0.25) is 5.02 Å². The van der Waals surface area contributed by atoms with E-state index in [1.807, 2.05) is 31.2 Å². The Morgan fingerprint density at radius 3 is 2.55 bits per heavy atom. The highest BCUT2D eigenvalue weighted by molar-refractivity contribution is 8.00. The van der Waals surface area contributed by atoms with Gasteiger partial charge in [-0.2, -0.15) is 0 Å². The van der Waals surface area contributed by atoms with E-state index >= 15 is 0 Å². The number of nitrogens with one attached hydrogen (secondary N) is 1. The van der Waals surface area contributed by atoms with Gasteiger partial charge in [-0.1, -0.05) is 37.6 Å². The summed E-state index contributed by atoms with van der Waals surface area (Å²) in [5, 5.41) is 3.49. The highest BCUT2D eigenvalue weighted by Gasteiger charge is 2.19. The van der Waals surface area contributed by atoms with Crippen molar-refractivity contribution in [1.29, 1.82) is 0 Å². The minimum absolute atomic E-state index is 0.00557. The zero-order valence-electron chi connectivity index (χ0n) is 12.2. The maximum absolute atomic E-state index is 12.2. The predicted molar refractivity (Wildman–Crippen MR) is 87.2 cm³/mol. The van der Waals surface area contributed by atoms with Crippen LogP contribution < -0.4 is 11.1 Å². The van der Waals surface area contributed by atoms with Gasteiger partial charge in [0, 0.05) is 17.5 Å². The van der Waals surface area contributed by atoms with Crippen LogP contribution in [0.3, 0.4) is 0 Å². The van der Waals surface area contributed by atoms with Crippen LogP contribution in [0.25, 0.3) is 0 Å². The number of nitrogens with two attached hydrogens (primary N) is 1. The molecule has 0 bridgehead atoms. The van der Waals surface area contributed by atoms with Crippen LogP contribution in [0, 0.1) is 5.92 Å². The van der Waals surface area contributed by atoms with Gasteiger partial charge in [-0.15, -0.1) is 11.8 Å². The third-order valence-corrected chi connectivity index (χ3v) is 4.52. The second-order valence-electron chi connectivity index (χ2n) is 5.26. The molecule has 1 aromatic rings. The number of hydrogen-bond donors (Lipinski definition) is 2. The molecule has 5 heteroatoms. The lowest BCUT2D eigenvalue weighted by Crippen LogP contribution is -2.44. The molecule has 3 N–H and O–H groups in total. The molecule has 0 aliphatic carbocycles. The van der Waals surface area contributed by atoms with Gasteiger partial charge < -0.3 is 11.1 Å². The third kappa shape index (κ3) is 5.73. The summed E-state index contributed by atoms with van der Waals surface area (Å²) in [5.41, 5.74) is 5.70. The fraction of sp³-hybridized carbons (Fsp3) is 0.533. The van der Waals surface area contributed by atoms with E-state index < -0.39 is 0 Å². The van der Waals surface area contributed by atoms with E-state index in [-0.39, 0.29) is 17.2 Å². The molecule has 0 spiro atoms. The van der Waals surface area contributed by atoms with Gasteiger partial charge in [0.2, 0.25) is 5.91 Å². The Labute approximate surface area is 130 Å². The minimum Gasteiger partial charge on any atom is -0.351 e. The van der Waals surface area contributed by atoms with Gasteiger partial charge in [0.15, 0.2) is 0 Å². The number of rotatable bonds is 7. The van der Waals surface area contributed by atoms with Crippen molar-refractivity contribution >= 4 is 29.3 Å². The van der Waals surface area contributed by atoms with E-state index in [1.54, 1.807) is 0 Å². The van der Waals surface area contributed by atoms with Gasteiger partial charge in [-0.25, -0.2) is 0 Å². The molecule has 3 nitrogen and oxygen atoms in total. The minimum atomic E-state index is -0.198. The number of halogens is 1. The molecule has 0 saturated heterocycles. The number of carbonyl (C=O) groups excluding carboxylic acids is 1. The van der Waals surface area contributed by atoms with Crippen molar-refractivity contribution in [1.82, 2.24) is 5.32 Å². The monoisotopic (exact) mass is 314 g/mol. The van der Waals surface area contributed by atoms with Crippen LogP contribution in [-0.4, -0.2) is 23.7 Å². The summed E-state index contributed by atoms with van der Waals surface area (Å²) >= 11 is 7.57. The quantitative estimate of drug-likeness (QED) is 0.759. The van der Waals surface area contributed by atoms with Crippen molar-refractivity contribution in [2.75, 3.05) is 6.54 Å². The van der Waals surface area contributed by atoms with Crippen molar-refractivity contribution in [2.24, 2.45) is 11.7 Å². The molecule has 2 atom stereocenters. The van der Waals surface area contributed by atoms with Gasteiger partial charge in [0.05, 0.1) is 10.3 Å². The van der Waals surface area contributed by atoms with E-state index in [2.05, 4.69) is 19.2 Å². The van der Waals surface area contributed by atoms with Crippen LogP contribution >= 0.6 is 23.4 Å². The van der Waals surface area contributed by atoms with Crippen LogP contribution in [0.5, 0.6) is 0 Å². The number of carbonyl (C=O) groups is 1. The van der Waals surface area contributed by atoms with Crippen molar-refractivity contribution in [3.8, 4) is 0 Å². The molecule has 0 aliphatic heterocycles. The topological polar surface area (TPSA) is 55.1 Å². The zero-order valence-corrected chi connectivity index (χ0v) is 13.8. The smallest absolute Gasteiger partial charge is 0.233 e. The van der Waals surface area contributed by atoms with Crippen molar-refractivity contribution in [3.63, 3.8) is 0 Å². The fourth-order valence-corrected chi connectivity index (χ4v) is 3.05. The van der Waals surface area contributed by atoms with Crippen molar-refractivity contribution < 1.29 is 4.79 Å². The Bertz CT molecular complexity index is 440. The molecular weight excluding hydrogens is 292 g/mol. The van der Waals surface area contributed by atoms with Gasteiger partial charge in [0.1, 0.15) is 0 Å². The second-order valence-corrected chi connectivity index (χ2v) is 7.05. The second kappa shape index (κ2) is 8.55. The maximum atomic E-state index is 12.2. The van der Waals surface area contributed by atoms with Gasteiger partial charge in [0.25, 0.3) is 0 Å². The molecule has 0 aromatic heterocycles. The molecule has 0 heterocycles. The average Bonchev–Trinajstić information content (AvgIpc) is 2.39.